The molecule has 0 radical (unpaired) electrons. The Morgan fingerprint density at radius 1 is 1.26 bits per heavy atom. The van der Waals surface area contributed by atoms with E-state index in [4.69, 9.17) is 0 Å². The Bertz CT molecular complexity index is 983. The first kappa shape index (κ1) is 24.1. The van der Waals surface area contributed by atoms with Crippen molar-refractivity contribution in [1.82, 2.24) is 15.5 Å². The number of amides is 3. The van der Waals surface area contributed by atoms with Crippen LogP contribution in [0.4, 0.5) is 8.78 Å². The van der Waals surface area contributed by atoms with Crippen molar-refractivity contribution < 1.29 is 28.3 Å². The van der Waals surface area contributed by atoms with Gasteiger partial charge in [-0.1, -0.05) is 30.3 Å². The monoisotopic (exact) mass is 474 g/mol. The van der Waals surface area contributed by atoms with Crippen LogP contribution in [0.15, 0.2) is 30.3 Å². The molecule has 1 saturated carbocycles. The average molecular weight is 475 g/mol. The standard InChI is InChI=1S/C24H28F2N4O4/c25-24(26)12-17-8-9-18(24)19(30(17)23(34)20(31)14-5-2-1-3-6-14)22(33)29-16(13-27)11-15-7-4-10-28-21(15)32/h1-3,5-6,15-20,31H,4,7-12H2,(H,28,32)(H,29,33)/t15-,16+,17-,18-,19+,20-/m1/s1. The number of alkyl halides is 2. The number of hydrogen-bond donors (Lipinski definition) is 3. The first-order valence-electron chi connectivity index (χ1n) is 11.6. The molecule has 34 heavy (non-hydrogen) atoms. The van der Waals surface area contributed by atoms with Gasteiger partial charge in [-0.25, -0.2) is 8.78 Å². The summed E-state index contributed by atoms with van der Waals surface area (Å²) in [4.78, 5) is 39.7. The second kappa shape index (κ2) is 9.66. The highest BCUT2D eigenvalue weighted by atomic mass is 19.3. The number of halogens is 2. The second-order valence-corrected chi connectivity index (χ2v) is 9.36. The highest BCUT2D eigenvalue weighted by Gasteiger charge is 2.61. The zero-order valence-corrected chi connectivity index (χ0v) is 18.6. The molecule has 0 spiro atoms. The fourth-order valence-electron chi connectivity index (χ4n) is 5.49. The Labute approximate surface area is 196 Å². The van der Waals surface area contributed by atoms with Crippen molar-refractivity contribution in [3.63, 3.8) is 0 Å². The maximum Gasteiger partial charge on any atom is 0.256 e. The summed E-state index contributed by atoms with van der Waals surface area (Å²) in [7, 11) is 0. The van der Waals surface area contributed by atoms with Crippen molar-refractivity contribution in [2.45, 2.75) is 68.7 Å². The van der Waals surface area contributed by atoms with Crippen molar-refractivity contribution >= 4 is 17.7 Å². The number of fused-ring (bicyclic) bond motifs is 3. The summed E-state index contributed by atoms with van der Waals surface area (Å²) in [5.41, 5.74) is 0.304. The number of aliphatic hydroxyl groups is 1. The molecule has 4 aliphatic rings. The van der Waals surface area contributed by atoms with E-state index in [1.54, 1.807) is 30.3 Å². The van der Waals surface area contributed by atoms with Gasteiger partial charge in [-0.15, -0.1) is 0 Å². The summed E-state index contributed by atoms with van der Waals surface area (Å²) >= 11 is 0. The summed E-state index contributed by atoms with van der Waals surface area (Å²) in [5.74, 6) is -6.89. The molecule has 3 aliphatic heterocycles. The van der Waals surface area contributed by atoms with Crippen LogP contribution in [0.25, 0.3) is 0 Å². The maximum atomic E-state index is 14.8. The molecular formula is C24H28F2N4O4. The molecule has 5 rings (SSSR count). The third-order valence-corrected chi connectivity index (χ3v) is 7.20. The first-order valence-corrected chi connectivity index (χ1v) is 11.6. The van der Waals surface area contributed by atoms with E-state index >= 15 is 0 Å². The number of nitrogens with zero attached hydrogens (tertiary/aromatic N) is 2. The minimum Gasteiger partial charge on any atom is -0.378 e. The number of benzene rings is 1. The fraction of sp³-hybridized carbons (Fsp3) is 0.583. The van der Waals surface area contributed by atoms with Gasteiger partial charge in [0.15, 0.2) is 6.10 Å². The van der Waals surface area contributed by atoms with Crippen molar-refractivity contribution in [2.75, 3.05) is 6.54 Å². The van der Waals surface area contributed by atoms with Gasteiger partial charge >= 0.3 is 0 Å². The molecule has 3 N–H and O–H groups in total. The molecule has 1 aliphatic carbocycles. The number of hydrogen-bond acceptors (Lipinski definition) is 5. The predicted molar refractivity (Wildman–Crippen MR) is 116 cm³/mol. The van der Waals surface area contributed by atoms with Gasteiger partial charge in [0.1, 0.15) is 12.1 Å². The quantitative estimate of drug-likeness (QED) is 0.579. The van der Waals surface area contributed by atoms with Crippen LogP contribution in [0.2, 0.25) is 0 Å². The molecule has 3 saturated heterocycles. The van der Waals surface area contributed by atoms with Gasteiger partial charge in [-0.2, -0.15) is 5.26 Å². The lowest BCUT2D eigenvalue weighted by atomic mass is 9.71. The van der Waals surface area contributed by atoms with E-state index in [9.17, 15) is 33.5 Å². The lowest BCUT2D eigenvalue weighted by Gasteiger charge is -2.54. The molecule has 1 aromatic rings. The van der Waals surface area contributed by atoms with Crippen LogP contribution in [-0.2, 0) is 14.4 Å². The van der Waals surface area contributed by atoms with Crippen molar-refractivity contribution in [3.05, 3.63) is 35.9 Å². The van der Waals surface area contributed by atoms with E-state index in [0.29, 0.717) is 24.9 Å². The molecule has 3 heterocycles. The number of piperidine rings is 3. The molecule has 8 nitrogen and oxygen atoms in total. The van der Waals surface area contributed by atoms with Crippen LogP contribution in [0.3, 0.4) is 0 Å². The van der Waals surface area contributed by atoms with E-state index in [2.05, 4.69) is 10.6 Å². The number of rotatable bonds is 6. The Kier molecular flexibility index (Phi) is 6.84. The minimum atomic E-state index is -3.15. The summed E-state index contributed by atoms with van der Waals surface area (Å²) in [5, 5.41) is 25.5. The summed E-state index contributed by atoms with van der Waals surface area (Å²) in [6, 6.07) is 6.58. The van der Waals surface area contributed by atoms with E-state index < -0.39 is 60.2 Å². The van der Waals surface area contributed by atoms with Gasteiger partial charge in [-0.3, -0.25) is 14.4 Å². The molecule has 0 unspecified atom stereocenters. The van der Waals surface area contributed by atoms with E-state index in [0.717, 1.165) is 11.3 Å². The Morgan fingerprint density at radius 3 is 2.65 bits per heavy atom. The molecule has 182 valence electrons. The fourth-order valence-corrected chi connectivity index (χ4v) is 5.49. The minimum absolute atomic E-state index is 0.0587. The Morgan fingerprint density at radius 2 is 2.00 bits per heavy atom. The average Bonchev–Trinajstić information content (AvgIpc) is 2.83. The maximum absolute atomic E-state index is 14.8. The Hall–Kier alpha value is -3.06. The Balaban J connectivity index is 1.56. The molecule has 6 atom stereocenters. The highest BCUT2D eigenvalue weighted by molar-refractivity contribution is 5.91. The third-order valence-electron chi connectivity index (χ3n) is 7.20. The van der Waals surface area contributed by atoms with Gasteiger partial charge < -0.3 is 20.6 Å². The van der Waals surface area contributed by atoms with Gasteiger partial charge in [0.05, 0.1) is 12.0 Å². The zero-order chi connectivity index (χ0) is 24.5. The number of nitriles is 1. The van der Waals surface area contributed by atoms with Crippen LogP contribution in [0.5, 0.6) is 0 Å². The molecule has 10 heteroatoms. The largest absolute Gasteiger partial charge is 0.378 e. The van der Waals surface area contributed by atoms with Gasteiger partial charge in [0, 0.05) is 24.9 Å². The van der Waals surface area contributed by atoms with Crippen LogP contribution in [0, 0.1) is 23.2 Å². The number of aliphatic hydroxyl groups excluding tert-OH is 1. The van der Waals surface area contributed by atoms with E-state index in [1.807, 2.05) is 6.07 Å². The van der Waals surface area contributed by atoms with Gasteiger partial charge in [-0.05, 0) is 37.7 Å². The number of carbonyl (C=O) groups excluding carboxylic acids is 3. The normalized spacial score (nSPS) is 29.5. The van der Waals surface area contributed by atoms with Crippen molar-refractivity contribution in [2.24, 2.45) is 11.8 Å². The summed E-state index contributed by atoms with van der Waals surface area (Å²) in [6.07, 6.45) is -0.419. The zero-order valence-electron chi connectivity index (χ0n) is 18.6. The van der Waals surface area contributed by atoms with E-state index in [-0.39, 0.29) is 18.7 Å². The molecule has 4 fully saturated rings. The SMILES string of the molecule is N#C[C@H](C[C@H]1CCCNC1=O)NC(=O)[C@@H]1[C@H]2CC[C@H](CC2(F)F)N1C(=O)[C@H](O)c1ccccc1. The third kappa shape index (κ3) is 4.62. The van der Waals surface area contributed by atoms with Crippen molar-refractivity contribution in [3.8, 4) is 6.07 Å². The van der Waals surface area contributed by atoms with Crippen LogP contribution < -0.4 is 10.6 Å². The molecule has 3 amide bonds. The summed E-state index contributed by atoms with van der Waals surface area (Å²) < 4.78 is 29.6. The van der Waals surface area contributed by atoms with E-state index in [1.165, 1.54) is 0 Å². The highest BCUT2D eigenvalue weighted by Crippen LogP contribution is 2.49. The van der Waals surface area contributed by atoms with Gasteiger partial charge in [0.2, 0.25) is 11.8 Å². The second-order valence-electron chi connectivity index (χ2n) is 9.36. The molecule has 1 aromatic carbocycles. The van der Waals surface area contributed by atoms with Crippen LogP contribution in [-0.4, -0.2) is 58.3 Å². The summed E-state index contributed by atoms with van der Waals surface area (Å²) in [6.45, 7) is 0.556. The topological polar surface area (TPSA) is 123 Å². The smallest absolute Gasteiger partial charge is 0.256 e. The molecule has 0 aromatic heterocycles. The van der Waals surface area contributed by atoms with Crippen molar-refractivity contribution in [1.29, 1.82) is 5.26 Å². The first-order chi connectivity index (χ1) is 16.2. The molecule has 2 bridgehead atoms. The van der Waals surface area contributed by atoms with Crippen LogP contribution >= 0.6 is 0 Å². The number of nitrogens with one attached hydrogen (secondary N) is 2. The predicted octanol–water partition coefficient (Wildman–Crippen LogP) is 1.66. The van der Waals surface area contributed by atoms with Crippen LogP contribution in [0.1, 0.15) is 50.2 Å². The lowest BCUT2D eigenvalue weighted by molar-refractivity contribution is -0.198. The molecular weight excluding hydrogens is 446 g/mol. The number of carbonyl (C=O) groups is 3. The lowest BCUT2D eigenvalue weighted by Crippen LogP contribution is -2.69. The van der Waals surface area contributed by atoms with Gasteiger partial charge in [0.25, 0.3) is 11.8 Å².